The topological polar surface area (TPSA) is 65.3 Å². The maximum absolute atomic E-state index is 9.86. The fraction of sp³-hybridized carbons (Fsp3) is 0.267. The third-order valence-corrected chi connectivity index (χ3v) is 4.34. The third-order valence-electron chi connectivity index (χ3n) is 2.71. The second-order valence-electron chi connectivity index (χ2n) is 4.44. The third kappa shape index (κ3) is 5.48. The van der Waals surface area contributed by atoms with Crippen molar-refractivity contribution in [1.29, 1.82) is 5.26 Å². The lowest BCUT2D eigenvalue weighted by Gasteiger charge is -2.13. The van der Waals surface area contributed by atoms with Crippen molar-refractivity contribution in [2.45, 2.75) is 12.6 Å². The fourth-order valence-electron chi connectivity index (χ4n) is 1.72. The Balaban J connectivity index is 1.69. The highest BCUT2D eigenvalue weighted by Gasteiger charge is 2.06. The van der Waals surface area contributed by atoms with Gasteiger partial charge in [0, 0.05) is 18.0 Å². The molecule has 1 atom stereocenters. The molecular weight excluding hydrogens is 352 g/mol. The van der Waals surface area contributed by atoms with Crippen LogP contribution < -0.4 is 10.1 Å². The summed E-state index contributed by atoms with van der Waals surface area (Å²) in [6, 6.07) is 13.0. The molecule has 2 aromatic rings. The Hall–Kier alpha value is -1.39. The Morgan fingerprint density at radius 3 is 2.95 bits per heavy atom. The van der Waals surface area contributed by atoms with Crippen LogP contribution in [0.15, 0.2) is 40.2 Å². The number of rotatable bonds is 7. The smallest absolute Gasteiger partial charge is 0.120 e. The summed E-state index contributed by atoms with van der Waals surface area (Å²) in [5, 5.41) is 21.8. The zero-order valence-electron chi connectivity index (χ0n) is 11.3. The molecule has 0 saturated carbocycles. The van der Waals surface area contributed by atoms with Gasteiger partial charge in [-0.3, -0.25) is 0 Å². The van der Waals surface area contributed by atoms with Gasteiger partial charge in [-0.15, -0.1) is 11.3 Å². The van der Waals surface area contributed by atoms with Crippen LogP contribution in [0.1, 0.15) is 10.4 Å². The highest BCUT2D eigenvalue weighted by molar-refractivity contribution is 9.11. The summed E-state index contributed by atoms with van der Waals surface area (Å²) >= 11 is 5.08. The molecule has 0 bridgehead atoms. The first-order chi connectivity index (χ1) is 10.2. The lowest BCUT2D eigenvalue weighted by Crippen LogP contribution is -2.30. The maximum Gasteiger partial charge on any atom is 0.120 e. The number of hydrogen-bond acceptors (Lipinski definition) is 5. The predicted octanol–water partition coefficient (Wildman–Crippen LogP) is 2.91. The molecule has 4 nitrogen and oxygen atoms in total. The van der Waals surface area contributed by atoms with Gasteiger partial charge in [-0.25, -0.2) is 0 Å². The Labute approximate surface area is 136 Å². The van der Waals surface area contributed by atoms with Crippen molar-refractivity contribution >= 4 is 27.3 Å². The number of halogens is 1. The van der Waals surface area contributed by atoms with Crippen LogP contribution in [0, 0.1) is 11.3 Å². The number of benzene rings is 1. The molecule has 1 aromatic heterocycles. The van der Waals surface area contributed by atoms with Crippen LogP contribution in [0.5, 0.6) is 5.75 Å². The van der Waals surface area contributed by atoms with E-state index in [0.29, 0.717) is 17.9 Å². The maximum atomic E-state index is 9.86. The molecule has 2 N–H and O–H groups in total. The molecule has 0 fully saturated rings. The Kier molecular flexibility index (Phi) is 6.21. The van der Waals surface area contributed by atoms with Gasteiger partial charge in [-0.1, -0.05) is 6.07 Å². The van der Waals surface area contributed by atoms with Gasteiger partial charge in [0.1, 0.15) is 18.5 Å². The van der Waals surface area contributed by atoms with E-state index in [1.807, 2.05) is 12.1 Å². The van der Waals surface area contributed by atoms with Gasteiger partial charge in [0.15, 0.2) is 0 Å². The van der Waals surface area contributed by atoms with Crippen LogP contribution in [-0.4, -0.2) is 24.4 Å². The van der Waals surface area contributed by atoms with E-state index in [0.717, 1.165) is 10.3 Å². The second-order valence-corrected chi connectivity index (χ2v) is 6.99. The van der Waals surface area contributed by atoms with E-state index in [1.165, 1.54) is 4.88 Å². The number of hydrogen-bond donors (Lipinski definition) is 2. The van der Waals surface area contributed by atoms with Gasteiger partial charge in [0.25, 0.3) is 0 Å². The minimum Gasteiger partial charge on any atom is -0.491 e. The Morgan fingerprint density at radius 2 is 2.24 bits per heavy atom. The zero-order valence-corrected chi connectivity index (χ0v) is 13.7. The van der Waals surface area contributed by atoms with E-state index >= 15 is 0 Å². The van der Waals surface area contributed by atoms with Crippen LogP contribution in [-0.2, 0) is 6.54 Å². The molecule has 2 rings (SSSR count). The number of thiophene rings is 1. The van der Waals surface area contributed by atoms with E-state index in [1.54, 1.807) is 35.6 Å². The average molecular weight is 367 g/mol. The quantitative estimate of drug-likeness (QED) is 0.790. The first-order valence-electron chi connectivity index (χ1n) is 6.43. The molecule has 0 aliphatic carbocycles. The summed E-state index contributed by atoms with van der Waals surface area (Å²) in [6.07, 6.45) is -0.598. The standard InChI is InChI=1S/C15H15BrN2O2S/c16-15-5-4-14(21-15)9-18-8-12(19)10-20-13-3-1-2-11(6-13)7-17/h1-6,12,18-19H,8-10H2. The van der Waals surface area contributed by atoms with Gasteiger partial charge in [0.2, 0.25) is 0 Å². The molecule has 0 spiro atoms. The number of ether oxygens (including phenoxy) is 1. The summed E-state index contributed by atoms with van der Waals surface area (Å²) in [7, 11) is 0. The van der Waals surface area contributed by atoms with Crippen molar-refractivity contribution < 1.29 is 9.84 Å². The van der Waals surface area contributed by atoms with Crippen LogP contribution in [0.2, 0.25) is 0 Å². The minimum absolute atomic E-state index is 0.190. The number of nitriles is 1. The van der Waals surface area contributed by atoms with Crippen molar-refractivity contribution in [2.24, 2.45) is 0 Å². The van der Waals surface area contributed by atoms with Crippen molar-refractivity contribution in [3.05, 3.63) is 50.6 Å². The highest BCUT2D eigenvalue weighted by atomic mass is 79.9. The molecule has 0 amide bonds. The molecule has 0 radical (unpaired) electrons. The van der Waals surface area contributed by atoms with Gasteiger partial charge < -0.3 is 15.2 Å². The van der Waals surface area contributed by atoms with Crippen LogP contribution >= 0.6 is 27.3 Å². The van der Waals surface area contributed by atoms with Gasteiger partial charge in [0.05, 0.1) is 15.4 Å². The van der Waals surface area contributed by atoms with E-state index in [4.69, 9.17) is 10.00 Å². The van der Waals surface area contributed by atoms with E-state index in [9.17, 15) is 5.11 Å². The molecule has 1 unspecified atom stereocenters. The summed E-state index contributed by atoms with van der Waals surface area (Å²) < 4.78 is 6.57. The average Bonchev–Trinajstić information content (AvgIpc) is 2.91. The molecule has 21 heavy (non-hydrogen) atoms. The zero-order chi connectivity index (χ0) is 15.1. The normalized spacial score (nSPS) is 11.9. The number of aliphatic hydroxyl groups excluding tert-OH is 1. The van der Waals surface area contributed by atoms with Crippen LogP contribution in [0.25, 0.3) is 0 Å². The highest BCUT2D eigenvalue weighted by Crippen LogP contribution is 2.21. The van der Waals surface area contributed by atoms with Crippen molar-refractivity contribution in [3.63, 3.8) is 0 Å². The van der Waals surface area contributed by atoms with Gasteiger partial charge in [-0.2, -0.15) is 5.26 Å². The van der Waals surface area contributed by atoms with E-state index in [2.05, 4.69) is 27.3 Å². The molecule has 110 valence electrons. The SMILES string of the molecule is N#Cc1cccc(OCC(O)CNCc2ccc(Br)s2)c1. The van der Waals surface area contributed by atoms with Crippen LogP contribution in [0.3, 0.4) is 0 Å². The number of aliphatic hydroxyl groups is 1. The van der Waals surface area contributed by atoms with E-state index in [-0.39, 0.29) is 6.61 Å². The lowest BCUT2D eigenvalue weighted by molar-refractivity contribution is 0.106. The van der Waals surface area contributed by atoms with E-state index < -0.39 is 6.10 Å². The number of nitrogens with one attached hydrogen (secondary N) is 1. The first-order valence-corrected chi connectivity index (χ1v) is 8.04. The molecule has 0 aliphatic rings. The second kappa shape index (κ2) is 8.15. The van der Waals surface area contributed by atoms with Crippen molar-refractivity contribution in [1.82, 2.24) is 5.32 Å². The molecule has 0 saturated heterocycles. The Bertz CT molecular complexity index is 624. The summed E-state index contributed by atoms with van der Waals surface area (Å²) in [6.45, 7) is 1.36. The summed E-state index contributed by atoms with van der Waals surface area (Å²) in [4.78, 5) is 1.21. The van der Waals surface area contributed by atoms with Gasteiger partial charge in [-0.05, 0) is 46.3 Å². The molecule has 1 heterocycles. The summed E-state index contributed by atoms with van der Waals surface area (Å²) in [5.41, 5.74) is 0.545. The summed E-state index contributed by atoms with van der Waals surface area (Å²) in [5.74, 6) is 0.593. The monoisotopic (exact) mass is 366 g/mol. The van der Waals surface area contributed by atoms with Crippen molar-refractivity contribution in [2.75, 3.05) is 13.2 Å². The first kappa shape index (κ1) is 16.0. The van der Waals surface area contributed by atoms with Crippen molar-refractivity contribution in [3.8, 4) is 11.8 Å². The molecular formula is C15H15BrN2O2S. The van der Waals surface area contributed by atoms with Gasteiger partial charge >= 0.3 is 0 Å². The molecule has 6 heteroatoms. The van der Waals surface area contributed by atoms with Crippen LogP contribution in [0.4, 0.5) is 0 Å². The number of nitrogens with zero attached hydrogens (tertiary/aromatic N) is 1. The largest absolute Gasteiger partial charge is 0.491 e. The minimum atomic E-state index is -0.598. The lowest BCUT2D eigenvalue weighted by atomic mass is 10.2. The molecule has 0 aliphatic heterocycles. The molecule has 1 aromatic carbocycles. The Morgan fingerprint density at radius 1 is 1.38 bits per heavy atom. The fourth-order valence-corrected chi connectivity index (χ4v) is 3.17. The predicted molar refractivity (Wildman–Crippen MR) is 86.4 cm³/mol.